The van der Waals surface area contributed by atoms with Crippen molar-refractivity contribution < 1.29 is 19.1 Å². The van der Waals surface area contributed by atoms with E-state index in [0.717, 1.165) is 5.56 Å². The lowest BCUT2D eigenvalue weighted by Gasteiger charge is -2.09. The van der Waals surface area contributed by atoms with Crippen LogP contribution in [0.1, 0.15) is 22.8 Å². The van der Waals surface area contributed by atoms with Gasteiger partial charge in [0, 0.05) is 6.54 Å². The molecule has 0 atom stereocenters. The molecule has 3 rings (SSSR count). The smallest absolute Gasteiger partial charge is 0.343 e. The SMILES string of the molecule is CCN1C(=O)/C(=C/c2cccc(OC(=O)c3ccc(OC)cc3)c2)SC1=S. The molecule has 1 amide bonds. The van der Waals surface area contributed by atoms with Gasteiger partial charge in [-0.05, 0) is 55.0 Å². The molecule has 1 saturated heterocycles. The van der Waals surface area contributed by atoms with Crippen molar-refractivity contribution in [1.82, 2.24) is 4.90 Å². The average Bonchev–Trinajstić information content (AvgIpc) is 2.94. The number of benzene rings is 2. The number of carbonyl (C=O) groups is 2. The van der Waals surface area contributed by atoms with Gasteiger partial charge >= 0.3 is 5.97 Å². The molecule has 0 radical (unpaired) electrons. The number of amides is 1. The first-order chi connectivity index (χ1) is 13.0. The number of likely N-dealkylation sites (N-methyl/N-ethyl adjacent to an activating group) is 1. The molecule has 7 heteroatoms. The van der Waals surface area contributed by atoms with Crippen LogP contribution in [-0.4, -0.2) is 34.8 Å². The molecule has 138 valence electrons. The van der Waals surface area contributed by atoms with E-state index in [9.17, 15) is 9.59 Å². The number of hydrogen-bond acceptors (Lipinski definition) is 6. The quantitative estimate of drug-likeness (QED) is 0.326. The molecule has 1 aliphatic heterocycles. The highest BCUT2D eigenvalue weighted by Crippen LogP contribution is 2.32. The summed E-state index contributed by atoms with van der Waals surface area (Å²) in [5.41, 5.74) is 1.18. The Morgan fingerprint density at radius 3 is 2.56 bits per heavy atom. The lowest BCUT2D eigenvalue weighted by atomic mass is 10.2. The van der Waals surface area contributed by atoms with E-state index in [2.05, 4.69) is 0 Å². The van der Waals surface area contributed by atoms with Crippen LogP contribution in [0.25, 0.3) is 6.08 Å². The molecule has 2 aromatic rings. The highest BCUT2D eigenvalue weighted by Gasteiger charge is 2.30. The second-order valence-electron chi connectivity index (χ2n) is 5.62. The minimum Gasteiger partial charge on any atom is -0.497 e. The predicted octanol–water partition coefficient (Wildman–Crippen LogP) is 4.14. The standard InChI is InChI=1S/C20H17NO4S2/c1-3-21-18(22)17(27-20(21)26)12-13-5-4-6-16(11-13)25-19(23)14-7-9-15(24-2)10-8-14/h4-12H,3H2,1-2H3/b17-12-. The Labute approximate surface area is 167 Å². The number of thioether (sulfide) groups is 1. The fourth-order valence-corrected chi connectivity index (χ4v) is 3.87. The molecule has 0 spiro atoms. The van der Waals surface area contributed by atoms with Crippen molar-refractivity contribution in [2.75, 3.05) is 13.7 Å². The van der Waals surface area contributed by atoms with Crippen molar-refractivity contribution in [2.24, 2.45) is 0 Å². The van der Waals surface area contributed by atoms with Crippen LogP contribution in [0.5, 0.6) is 11.5 Å². The molecule has 0 aromatic heterocycles. The zero-order valence-electron chi connectivity index (χ0n) is 14.8. The van der Waals surface area contributed by atoms with Crippen molar-refractivity contribution in [2.45, 2.75) is 6.92 Å². The van der Waals surface area contributed by atoms with Gasteiger partial charge in [-0.25, -0.2) is 4.79 Å². The molecule has 5 nitrogen and oxygen atoms in total. The fraction of sp³-hybridized carbons (Fsp3) is 0.150. The Morgan fingerprint density at radius 2 is 1.93 bits per heavy atom. The van der Waals surface area contributed by atoms with E-state index in [1.165, 1.54) is 11.8 Å². The molecule has 1 heterocycles. The van der Waals surface area contributed by atoms with Gasteiger partial charge in [-0.1, -0.05) is 36.1 Å². The maximum absolute atomic E-state index is 12.3. The van der Waals surface area contributed by atoms with Gasteiger partial charge in [-0.15, -0.1) is 0 Å². The first-order valence-corrected chi connectivity index (χ1v) is 9.46. The molecular weight excluding hydrogens is 382 g/mol. The fourth-order valence-electron chi connectivity index (χ4n) is 2.48. The van der Waals surface area contributed by atoms with Crippen molar-refractivity contribution in [3.05, 3.63) is 64.6 Å². The summed E-state index contributed by atoms with van der Waals surface area (Å²) in [4.78, 5) is 26.7. The Balaban J connectivity index is 1.75. The lowest BCUT2D eigenvalue weighted by Crippen LogP contribution is -2.27. The maximum Gasteiger partial charge on any atom is 0.343 e. The normalized spacial score (nSPS) is 15.3. The molecule has 1 aliphatic rings. The number of hydrogen-bond donors (Lipinski definition) is 0. The number of ether oxygens (including phenoxy) is 2. The second kappa shape index (κ2) is 8.37. The summed E-state index contributed by atoms with van der Waals surface area (Å²) >= 11 is 6.48. The molecule has 2 aromatic carbocycles. The van der Waals surface area contributed by atoms with Gasteiger partial charge in [0.1, 0.15) is 15.8 Å². The van der Waals surface area contributed by atoms with Gasteiger partial charge in [-0.2, -0.15) is 0 Å². The minimum absolute atomic E-state index is 0.104. The summed E-state index contributed by atoms with van der Waals surface area (Å²) in [6.07, 6.45) is 1.75. The molecule has 27 heavy (non-hydrogen) atoms. The number of thiocarbonyl (C=S) groups is 1. The van der Waals surface area contributed by atoms with Crippen LogP contribution in [0.4, 0.5) is 0 Å². The van der Waals surface area contributed by atoms with Crippen LogP contribution in [0.2, 0.25) is 0 Å². The van der Waals surface area contributed by atoms with Crippen molar-refractivity contribution in [3.63, 3.8) is 0 Å². The average molecular weight is 399 g/mol. The Bertz CT molecular complexity index is 922. The van der Waals surface area contributed by atoms with Crippen LogP contribution in [0.15, 0.2) is 53.4 Å². The molecule has 1 fully saturated rings. The topological polar surface area (TPSA) is 55.8 Å². The summed E-state index contributed by atoms with van der Waals surface area (Å²) in [6.45, 7) is 2.43. The first-order valence-electron chi connectivity index (χ1n) is 8.23. The van der Waals surface area contributed by atoms with Crippen molar-refractivity contribution in [1.29, 1.82) is 0 Å². The van der Waals surface area contributed by atoms with E-state index in [4.69, 9.17) is 21.7 Å². The van der Waals surface area contributed by atoms with Crippen molar-refractivity contribution in [3.8, 4) is 11.5 Å². The van der Waals surface area contributed by atoms with Gasteiger partial charge in [0.15, 0.2) is 0 Å². The highest BCUT2D eigenvalue weighted by atomic mass is 32.2. The summed E-state index contributed by atoms with van der Waals surface area (Å²) in [7, 11) is 1.56. The first kappa shape index (κ1) is 19.1. The van der Waals surface area contributed by atoms with Gasteiger partial charge in [0.25, 0.3) is 5.91 Å². The van der Waals surface area contributed by atoms with Crippen LogP contribution in [-0.2, 0) is 4.79 Å². The van der Waals surface area contributed by atoms with Crippen LogP contribution in [0, 0.1) is 0 Å². The summed E-state index contributed by atoms with van der Waals surface area (Å²) < 4.78 is 11.1. The van der Waals surface area contributed by atoms with E-state index >= 15 is 0 Å². The lowest BCUT2D eigenvalue weighted by molar-refractivity contribution is -0.121. The minimum atomic E-state index is -0.466. The summed E-state index contributed by atoms with van der Waals surface area (Å²) in [6, 6.07) is 13.7. The highest BCUT2D eigenvalue weighted by molar-refractivity contribution is 8.26. The third-order valence-electron chi connectivity index (χ3n) is 3.88. The van der Waals surface area contributed by atoms with Gasteiger partial charge in [-0.3, -0.25) is 9.69 Å². The molecule has 0 bridgehead atoms. The number of rotatable bonds is 5. The number of methoxy groups -OCH3 is 1. The number of nitrogens with zero attached hydrogens (tertiary/aromatic N) is 1. The monoisotopic (exact) mass is 399 g/mol. The summed E-state index contributed by atoms with van der Waals surface area (Å²) in [5, 5.41) is 0. The zero-order chi connectivity index (χ0) is 19.4. The van der Waals surface area contributed by atoms with Crippen LogP contribution in [0.3, 0.4) is 0 Å². The molecule has 0 saturated carbocycles. The maximum atomic E-state index is 12.3. The Kier molecular flexibility index (Phi) is 5.93. The third-order valence-corrected chi connectivity index (χ3v) is 5.26. The van der Waals surface area contributed by atoms with Gasteiger partial charge < -0.3 is 9.47 Å². The summed E-state index contributed by atoms with van der Waals surface area (Å²) in [5.74, 6) is 0.494. The number of carbonyl (C=O) groups excluding carboxylic acids is 2. The van der Waals surface area contributed by atoms with E-state index in [1.54, 1.807) is 60.6 Å². The molecule has 0 unspecified atom stereocenters. The van der Waals surface area contributed by atoms with E-state index in [1.807, 2.05) is 13.0 Å². The van der Waals surface area contributed by atoms with Crippen LogP contribution >= 0.6 is 24.0 Å². The van der Waals surface area contributed by atoms with Gasteiger partial charge in [0.2, 0.25) is 0 Å². The Morgan fingerprint density at radius 1 is 1.19 bits per heavy atom. The number of esters is 1. The zero-order valence-corrected chi connectivity index (χ0v) is 16.4. The second-order valence-corrected chi connectivity index (χ2v) is 7.29. The largest absolute Gasteiger partial charge is 0.497 e. The van der Waals surface area contributed by atoms with Gasteiger partial charge in [0.05, 0.1) is 17.6 Å². The Hall–Kier alpha value is -2.64. The van der Waals surface area contributed by atoms with E-state index in [0.29, 0.717) is 32.8 Å². The molecular formula is C20H17NO4S2. The molecule has 0 N–H and O–H groups in total. The third kappa shape index (κ3) is 4.37. The van der Waals surface area contributed by atoms with Crippen LogP contribution < -0.4 is 9.47 Å². The molecule has 0 aliphatic carbocycles. The van der Waals surface area contributed by atoms with Crippen molar-refractivity contribution >= 4 is 46.3 Å². The van der Waals surface area contributed by atoms with E-state index < -0.39 is 5.97 Å². The predicted molar refractivity (Wildman–Crippen MR) is 110 cm³/mol. The van der Waals surface area contributed by atoms with E-state index in [-0.39, 0.29) is 5.91 Å².